The summed E-state index contributed by atoms with van der Waals surface area (Å²) in [7, 11) is 0. The van der Waals surface area contributed by atoms with Crippen molar-refractivity contribution in [2.24, 2.45) is 23.7 Å². The van der Waals surface area contributed by atoms with Gasteiger partial charge in [0.2, 0.25) is 0 Å². The van der Waals surface area contributed by atoms with Gasteiger partial charge in [-0.3, -0.25) is 0 Å². The Kier molecular flexibility index (Phi) is 8.67. The summed E-state index contributed by atoms with van der Waals surface area (Å²) in [5.41, 5.74) is 2.32. The first-order valence-corrected chi connectivity index (χ1v) is 13.9. The topological polar surface area (TPSA) is 0 Å². The zero-order chi connectivity index (χ0) is 23.2. The SMILES string of the molecule is C/C=C/C1CCC(C(C)C2CCC(c3ccc4cc(CCCCC)ccc4c3F)CC2)CC1. The smallest absolute Gasteiger partial charge is 0.134 e. The lowest BCUT2D eigenvalue weighted by Crippen LogP contribution is -2.28. The van der Waals surface area contributed by atoms with Crippen molar-refractivity contribution < 1.29 is 4.39 Å². The van der Waals surface area contributed by atoms with Gasteiger partial charge in [-0.25, -0.2) is 4.39 Å². The molecule has 2 aromatic rings. The largest absolute Gasteiger partial charge is 0.206 e. The average molecular weight is 449 g/mol. The highest BCUT2D eigenvalue weighted by molar-refractivity contribution is 5.84. The quantitative estimate of drug-likeness (QED) is 0.278. The van der Waals surface area contributed by atoms with Crippen LogP contribution in [0, 0.1) is 29.5 Å². The highest BCUT2D eigenvalue weighted by Gasteiger charge is 2.33. The highest BCUT2D eigenvalue weighted by atomic mass is 19.1. The van der Waals surface area contributed by atoms with Gasteiger partial charge in [0.1, 0.15) is 5.82 Å². The molecule has 0 bridgehead atoms. The van der Waals surface area contributed by atoms with Crippen LogP contribution in [-0.4, -0.2) is 0 Å². The average Bonchev–Trinajstić information content (AvgIpc) is 2.85. The predicted octanol–water partition coefficient (Wildman–Crippen LogP) is 10.0. The summed E-state index contributed by atoms with van der Waals surface area (Å²) >= 11 is 0. The summed E-state index contributed by atoms with van der Waals surface area (Å²) < 4.78 is 15.5. The predicted molar refractivity (Wildman–Crippen MR) is 141 cm³/mol. The van der Waals surface area contributed by atoms with Crippen LogP contribution in [0.2, 0.25) is 0 Å². The molecule has 0 saturated heterocycles. The molecular weight excluding hydrogens is 403 g/mol. The molecule has 2 saturated carbocycles. The number of fused-ring (bicyclic) bond motifs is 1. The van der Waals surface area contributed by atoms with Crippen LogP contribution in [0.4, 0.5) is 4.39 Å². The van der Waals surface area contributed by atoms with Gasteiger partial charge < -0.3 is 0 Å². The Morgan fingerprint density at radius 2 is 1.61 bits per heavy atom. The Morgan fingerprint density at radius 1 is 0.909 bits per heavy atom. The first-order valence-electron chi connectivity index (χ1n) is 13.9. The molecule has 0 amide bonds. The number of hydrogen-bond acceptors (Lipinski definition) is 0. The Balaban J connectivity index is 1.35. The lowest BCUT2D eigenvalue weighted by molar-refractivity contribution is 0.142. The van der Waals surface area contributed by atoms with E-state index in [1.54, 1.807) is 0 Å². The molecule has 2 aliphatic rings. The molecule has 0 radical (unpaired) electrons. The van der Waals surface area contributed by atoms with Gasteiger partial charge in [-0.15, -0.1) is 0 Å². The van der Waals surface area contributed by atoms with Gasteiger partial charge in [0.25, 0.3) is 0 Å². The molecule has 0 heterocycles. The fourth-order valence-corrected chi connectivity index (χ4v) is 6.88. The van der Waals surface area contributed by atoms with Crippen LogP contribution in [0.25, 0.3) is 10.8 Å². The van der Waals surface area contributed by atoms with Crippen LogP contribution < -0.4 is 0 Å². The normalized spacial score (nSPS) is 27.3. The molecule has 180 valence electrons. The summed E-state index contributed by atoms with van der Waals surface area (Å²) in [5, 5.41) is 1.89. The molecule has 4 rings (SSSR count). The highest BCUT2D eigenvalue weighted by Crippen LogP contribution is 2.45. The molecule has 0 spiro atoms. The van der Waals surface area contributed by atoms with Crippen LogP contribution in [-0.2, 0) is 6.42 Å². The standard InChI is InChI=1S/C32H45F/c1-4-6-7-9-25-12-20-31-29(22-25)19-21-30(32(31)33)28-17-15-27(16-18-28)23(3)26-13-10-24(8-5-2)11-14-26/h5,8,12,19-24,26-28H,4,6-7,9-11,13-18H2,1-3H3/b8-5+. The van der Waals surface area contributed by atoms with Crippen LogP contribution >= 0.6 is 0 Å². The minimum absolute atomic E-state index is 0.0476. The maximum absolute atomic E-state index is 15.5. The zero-order valence-electron chi connectivity index (χ0n) is 21.3. The van der Waals surface area contributed by atoms with E-state index in [0.29, 0.717) is 5.92 Å². The first kappa shape index (κ1) is 24.5. The van der Waals surface area contributed by atoms with Gasteiger partial charge in [-0.2, -0.15) is 0 Å². The summed E-state index contributed by atoms with van der Waals surface area (Å²) in [6, 6.07) is 10.7. The molecular formula is C32H45F. The molecule has 0 aliphatic heterocycles. The second-order valence-corrected chi connectivity index (χ2v) is 11.2. The Hall–Kier alpha value is -1.63. The molecule has 0 N–H and O–H groups in total. The van der Waals surface area contributed by atoms with Gasteiger partial charge in [0.05, 0.1) is 0 Å². The zero-order valence-corrected chi connectivity index (χ0v) is 21.3. The molecule has 2 aromatic carbocycles. The van der Waals surface area contributed by atoms with E-state index in [2.05, 4.69) is 57.2 Å². The van der Waals surface area contributed by atoms with E-state index < -0.39 is 0 Å². The number of unbranched alkanes of at least 4 members (excludes halogenated alkanes) is 2. The van der Waals surface area contributed by atoms with E-state index in [1.165, 1.54) is 63.4 Å². The fourth-order valence-electron chi connectivity index (χ4n) is 6.88. The second kappa shape index (κ2) is 11.7. The molecule has 2 aliphatic carbocycles. The van der Waals surface area contributed by atoms with Crippen molar-refractivity contribution in [2.75, 3.05) is 0 Å². The van der Waals surface area contributed by atoms with Crippen molar-refractivity contribution in [3.8, 4) is 0 Å². The van der Waals surface area contributed by atoms with E-state index in [9.17, 15) is 0 Å². The molecule has 1 unspecified atom stereocenters. The number of aryl methyl sites for hydroxylation is 1. The third-order valence-corrected chi connectivity index (χ3v) is 9.10. The van der Waals surface area contributed by atoms with Crippen LogP contribution in [0.3, 0.4) is 0 Å². The molecule has 1 atom stereocenters. The van der Waals surface area contributed by atoms with Crippen LogP contribution in [0.5, 0.6) is 0 Å². The van der Waals surface area contributed by atoms with E-state index >= 15 is 4.39 Å². The van der Waals surface area contributed by atoms with E-state index in [0.717, 1.165) is 59.3 Å². The van der Waals surface area contributed by atoms with E-state index in [-0.39, 0.29) is 5.82 Å². The van der Waals surface area contributed by atoms with Crippen LogP contribution in [0.1, 0.15) is 108 Å². The molecule has 0 nitrogen and oxygen atoms in total. The van der Waals surface area contributed by atoms with Crippen molar-refractivity contribution >= 4 is 10.8 Å². The molecule has 0 aromatic heterocycles. The van der Waals surface area contributed by atoms with Crippen molar-refractivity contribution in [1.29, 1.82) is 0 Å². The minimum Gasteiger partial charge on any atom is -0.206 e. The third kappa shape index (κ3) is 5.90. The summed E-state index contributed by atoms with van der Waals surface area (Å²) in [5.74, 6) is 3.82. The van der Waals surface area contributed by atoms with Gasteiger partial charge >= 0.3 is 0 Å². The number of halogens is 1. The Morgan fingerprint density at radius 3 is 2.27 bits per heavy atom. The van der Waals surface area contributed by atoms with Gasteiger partial charge in [-0.05, 0) is 117 Å². The second-order valence-electron chi connectivity index (χ2n) is 11.2. The summed E-state index contributed by atoms with van der Waals surface area (Å²) in [6.07, 6.45) is 19.9. The van der Waals surface area contributed by atoms with Crippen molar-refractivity contribution in [2.45, 2.75) is 104 Å². The number of hydrogen-bond donors (Lipinski definition) is 0. The summed E-state index contributed by atoms with van der Waals surface area (Å²) in [4.78, 5) is 0. The molecule has 1 heteroatoms. The number of allylic oxidation sites excluding steroid dienone is 2. The van der Waals surface area contributed by atoms with Gasteiger partial charge in [-0.1, -0.05) is 69.2 Å². The summed E-state index contributed by atoms with van der Waals surface area (Å²) in [6.45, 7) is 6.90. The Labute approximate surface area is 202 Å². The van der Waals surface area contributed by atoms with Crippen LogP contribution in [0.15, 0.2) is 42.5 Å². The first-order chi connectivity index (χ1) is 16.1. The maximum atomic E-state index is 15.5. The fraction of sp³-hybridized carbons (Fsp3) is 0.625. The van der Waals surface area contributed by atoms with Crippen molar-refractivity contribution in [1.82, 2.24) is 0 Å². The van der Waals surface area contributed by atoms with Crippen molar-refractivity contribution in [3.05, 3.63) is 59.4 Å². The van der Waals surface area contributed by atoms with Crippen molar-refractivity contribution in [3.63, 3.8) is 0 Å². The molecule has 2 fully saturated rings. The molecule has 33 heavy (non-hydrogen) atoms. The minimum atomic E-state index is 0.0476. The number of rotatable bonds is 8. The number of benzene rings is 2. The van der Waals surface area contributed by atoms with Gasteiger partial charge in [0.15, 0.2) is 0 Å². The monoisotopic (exact) mass is 448 g/mol. The third-order valence-electron chi connectivity index (χ3n) is 9.10. The van der Waals surface area contributed by atoms with E-state index in [1.807, 2.05) is 6.07 Å². The lowest BCUT2D eigenvalue weighted by atomic mass is 9.67. The lowest BCUT2D eigenvalue weighted by Gasteiger charge is -2.39. The Bertz CT molecular complexity index is 909. The van der Waals surface area contributed by atoms with Gasteiger partial charge in [0, 0.05) is 5.39 Å². The maximum Gasteiger partial charge on any atom is 0.134 e. The van der Waals surface area contributed by atoms with E-state index in [4.69, 9.17) is 0 Å².